The minimum Gasteiger partial charge on any atom is -0.504 e. The summed E-state index contributed by atoms with van der Waals surface area (Å²) >= 11 is 0. The van der Waals surface area contributed by atoms with Crippen LogP contribution >= 0.6 is 0 Å². The van der Waals surface area contributed by atoms with E-state index in [1.165, 1.54) is 7.11 Å². The number of methoxy groups -OCH3 is 1. The zero-order chi connectivity index (χ0) is 18.8. The number of hydrogen-bond donors (Lipinski definition) is 1. The Labute approximate surface area is 152 Å². The van der Waals surface area contributed by atoms with Gasteiger partial charge in [-0.25, -0.2) is 4.79 Å². The quantitative estimate of drug-likeness (QED) is 0.637. The number of rotatable bonds is 3. The van der Waals surface area contributed by atoms with Gasteiger partial charge in [0.25, 0.3) is 0 Å². The van der Waals surface area contributed by atoms with Gasteiger partial charge in [0.05, 0.1) is 7.11 Å². The first-order valence-electron chi connectivity index (χ1n) is 8.12. The highest BCUT2D eigenvalue weighted by Crippen LogP contribution is 2.42. The van der Waals surface area contributed by atoms with Gasteiger partial charge in [0.1, 0.15) is 23.7 Å². The lowest BCUT2D eigenvalue weighted by Gasteiger charge is -2.21. The van der Waals surface area contributed by atoms with Crippen molar-refractivity contribution in [1.82, 2.24) is 0 Å². The Morgan fingerprint density at radius 2 is 2.12 bits per heavy atom. The van der Waals surface area contributed by atoms with Gasteiger partial charge in [-0.3, -0.25) is 0 Å². The van der Waals surface area contributed by atoms with Crippen LogP contribution in [0.5, 0.6) is 23.0 Å². The zero-order valence-corrected chi connectivity index (χ0v) is 15.0. The minimum absolute atomic E-state index is 0.00215. The summed E-state index contributed by atoms with van der Waals surface area (Å²) in [7, 11) is 1.48. The van der Waals surface area contributed by atoms with Crippen LogP contribution in [-0.4, -0.2) is 18.2 Å². The van der Waals surface area contributed by atoms with Gasteiger partial charge in [0.15, 0.2) is 11.5 Å². The number of aryl methyl sites for hydroxylation is 1. The Morgan fingerprint density at radius 1 is 1.35 bits per heavy atom. The van der Waals surface area contributed by atoms with Crippen molar-refractivity contribution in [1.29, 1.82) is 0 Å². The van der Waals surface area contributed by atoms with Crippen LogP contribution in [0.2, 0.25) is 0 Å². The number of hydrogen-bond acceptors (Lipinski definition) is 5. The molecule has 0 aromatic heterocycles. The standard InChI is InChI=1S/C21H20O5/c1-12(2)5-6-14-7-8-17-18(20(14)24-4)21(23)25-11-15-9-13(3)10-16(22)19(15)26-17/h5-10,22H,1,11H2,2-4H3/b6-5+. The fourth-order valence-electron chi connectivity index (χ4n) is 2.82. The summed E-state index contributed by atoms with van der Waals surface area (Å²) in [6, 6.07) is 6.85. The fourth-order valence-corrected chi connectivity index (χ4v) is 2.82. The number of cyclic esters (lactones) is 1. The molecule has 0 aliphatic carbocycles. The van der Waals surface area contributed by atoms with Gasteiger partial charge in [0, 0.05) is 11.1 Å². The summed E-state index contributed by atoms with van der Waals surface area (Å²) < 4.78 is 16.8. The van der Waals surface area contributed by atoms with E-state index >= 15 is 0 Å². The Balaban J connectivity index is 2.17. The molecule has 0 amide bonds. The zero-order valence-electron chi connectivity index (χ0n) is 15.0. The lowest BCUT2D eigenvalue weighted by Crippen LogP contribution is -2.13. The maximum Gasteiger partial charge on any atom is 0.346 e. The molecule has 134 valence electrons. The number of esters is 1. The van der Waals surface area contributed by atoms with E-state index in [-0.39, 0.29) is 29.4 Å². The van der Waals surface area contributed by atoms with E-state index in [9.17, 15) is 9.90 Å². The summed E-state index contributed by atoms with van der Waals surface area (Å²) in [6.07, 6.45) is 3.63. The van der Waals surface area contributed by atoms with Crippen LogP contribution in [0.15, 0.2) is 42.5 Å². The molecule has 3 rings (SSSR count). The topological polar surface area (TPSA) is 65.0 Å². The maximum atomic E-state index is 12.6. The van der Waals surface area contributed by atoms with E-state index in [1.54, 1.807) is 18.2 Å². The molecule has 2 aromatic carbocycles. The van der Waals surface area contributed by atoms with Gasteiger partial charge in [-0.05, 0) is 43.7 Å². The summed E-state index contributed by atoms with van der Waals surface area (Å²) in [4.78, 5) is 12.6. The van der Waals surface area contributed by atoms with Crippen molar-refractivity contribution in [3.8, 4) is 23.0 Å². The second-order valence-corrected chi connectivity index (χ2v) is 6.19. The first-order valence-corrected chi connectivity index (χ1v) is 8.12. The van der Waals surface area contributed by atoms with E-state index in [0.717, 1.165) is 11.1 Å². The van der Waals surface area contributed by atoms with Crippen LogP contribution in [0.25, 0.3) is 6.08 Å². The van der Waals surface area contributed by atoms with Crippen molar-refractivity contribution in [3.05, 3.63) is 64.7 Å². The van der Waals surface area contributed by atoms with Crippen molar-refractivity contribution < 1.29 is 24.1 Å². The Kier molecular flexibility index (Phi) is 4.71. The lowest BCUT2D eigenvalue weighted by molar-refractivity contribution is 0.0454. The molecule has 26 heavy (non-hydrogen) atoms. The summed E-state index contributed by atoms with van der Waals surface area (Å²) in [5, 5.41) is 10.3. The average molecular weight is 352 g/mol. The molecule has 0 unspecified atom stereocenters. The molecule has 5 nitrogen and oxygen atoms in total. The first-order chi connectivity index (χ1) is 12.4. The van der Waals surface area contributed by atoms with Crippen LogP contribution in [-0.2, 0) is 11.3 Å². The normalized spacial score (nSPS) is 13.1. The van der Waals surface area contributed by atoms with Gasteiger partial charge in [0.2, 0.25) is 0 Å². The number of phenolic OH excluding ortho intramolecular Hbond substituents is 1. The molecular formula is C21H20O5. The fraction of sp³-hybridized carbons (Fsp3) is 0.190. The van der Waals surface area contributed by atoms with Gasteiger partial charge < -0.3 is 19.3 Å². The predicted molar refractivity (Wildman–Crippen MR) is 98.9 cm³/mol. The third-order valence-corrected chi connectivity index (χ3v) is 3.97. The molecule has 1 aliphatic rings. The molecule has 1 heterocycles. The summed E-state index contributed by atoms with van der Waals surface area (Å²) in [6.45, 7) is 7.54. The number of benzene rings is 2. The van der Waals surface area contributed by atoms with Crippen LogP contribution in [0.4, 0.5) is 0 Å². The summed E-state index contributed by atoms with van der Waals surface area (Å²) in [5.41, 5.74) is 3.20. The minimum atomic E-state index is -0.547. The van der Waals surface area contributed by atoms with Crippen LogP contribution in [0.1, 0.15) is 34.0 Å². The van der Waals surface area contributed by atoms with E-state index in [1.807, 2.05) is 32.1 Å². The van der Waals surface area contributed by atoms with E-state index in [0.29, 0.717) is 16.9 Å². The molecule has 0 fully saturated rings. The number of aromatic hydroxyl groups is 1. The average Bonchev–Trinajstić information content (AvgIpc) is 2.58. The molecule has 0 atom stereocenters. The number of fused-ring (bicyclic) bond motifs is 2. The molecule has 0 spiro atoms. The molecule has 0 saturated heterocycles. The molecule has 1 N–H and O–H groups in total. The van der Waals surface area contributed by atoms with Gasteiger partial charge >= 0.3 is 5.97 Å². The number of allylic oxidation sites excluding steroid dienone is 2. The second-order valence-electron chi connectivity index (χ2n) is 6.19. The summed E-state index contributed by atoms with van der Waals surface area (Å²) in [5.74, 6) is 0.333. The smallest absolute Gasteiger partial charge is 0.346 e. The van der Waals surface area contributed by atoms with Crippen LogP contribution in [0, 0.1) is 6.92 Å². The van der Waals surface area contributed by atoms with Crippen LogP contribution in [0.3, 0.4) is 0 Å². The van der Waals surface area contributed by atoms with Gasteiger partial charge in [-0.2, -0.15) is 0 Å². The molecule has 5 heteroatoms. The van der Waals surface area contributed by atoms with Crippen molar-refractivity contribution in [3.63, 3.8) is 0 Å². The first kappa shape index (κ1) is 17.6. The predicted octanol–water partition coefficient (Wildman–Crippen LogP) is 4.76. The number of carbonyl (C=O) groups is 1. The Hall–Kier alpha value is -3.21. The number of phenols is 1. The van der Waals surface area contributed by atoms with Gasteiger partial charge in [-0.1, -0.05) is 24.3 Å². The Bertz CT molecular complexity index is 924. The molecule has 2 aromatic rings. The van der Waals surface area contributed by atoms with Crippen molar-refractivity contribution in [2.24, 2.45) is 0 Å². The monoisotopic (exact) mass is 352 g/mol. The highest BCUT2D eigenvalue weighted by atomic mass is 16.5. The SMILES string of the molecule is C=C(C)/C=C/c1ccc2c(c1OC)C(=O)OCc1cc(C)cc(O)c1O2. The van der Waals surface area contributed by atoms with Crippen molar-refractivity contribution in [2.45, 2.75) is 20.5 Å². The molecule has 0 bridgehead atoms. The number of ether oxygens (including phenoxy) is 3. The lowest BCUT2D eigenvalue weighted by atomic mass is 10.0. The van der Waals surface area contributed by atoms with E-state index in [2.05, 4.69) is 6.58 Å². The third-order valence-electron chi connectivity index (χ3n) is 3.97. The molecule has 0 saturated carbocycles. The number of carbonyl (C=O) groups excluding carboxylic acids is 1. The van der Waals surface area contributed by atoms with E-state index in [4.69, 9.17) is 14.2 Å². The molecule has 1 aliphatic heterocycles. The highest BCUT2D eigenvalue weighted by Gasteiger charge is 2.27. The van der Waals surface area contributed by atoms with Crippen LogP contribution < -0.4 is 9.47 Å². The maximum absolute atomic E-state index is 12.6. The third kappa shape index (κ3) is 3.28. The van der Waals surface area contributed by atoms with Crippen molar-refractivity contribution in [2.75, 3.05) is 7.11 Å². The molecule has 0 radical (unpaired) electrons. The van der Waals surface area contributed by atoms with E-state index < -0.39 is 5.97 Å². The highest BCUT2D eigenvalue weighted by molar-refractivity contribution is 5.97. The Morgan fingerprint density at radius 3 is 2.81 bits per heavy atom. The van der Waals surface area contributed by atoms with Gasteiger partial charge in [-0.15, -0.1) is 0 Å². The second kappa shape index (κ2) is 6.96. The largest absolute Gasteiger partial charge is 0.504 e. The molecular weight excluding hydrogens is 332 g/mol. The van der Waals surface area contributed by atoms with Crippen molar-refractivity contribution >= 4 is 12.0 Å².